The second-order valence-electron chi connectivity index (χ2n) is 5.22. The van der Waals surface area contributed by atoms with Gasteiger partial charge in [-0.2, -0.15) is 0 Å². The van der Waals surface area contributed by atoms with Crippen LogP contribution < -0.4 is 9.64 Å². The number of ether oxygens (including phenoxy) is 1. The summed E-state index contributed by atoms with van der Waals surface area (Å²) in [5.74, 6) is -0.825. The average Bonchev–Trinajstić information content (AvgIpc) is 2.61. The number of nitrogens with zero attached hydrogens (tertiary/aromatic N) is 4. The monoisotopic (exact) mass is 330 g/mol. The van der Waals surface area contributed by atoms with Crippen LogP contribution in [0.5, 0.6) is 5.88 Å². The van der Waals surface area contributed by atoms with Gasteiger partial charge in [0.15, 0.2) is 0 Å². The van der Waals surface area contributed by atoms with Gasteiger partial charge in [-0.3, -0.25) is 14.6 Å². The molecule has 24 heavy (non-hydrogen) atoms. The first-order valence-corrected chi connectivity index (χ1v) is 7.28. The fourth-order valence-electron chi connectivity index (χ4n) is 2.51. The minimum atomic E-state index is -0.588. The molecule has 0 spiro atoms. The van der Waals surface area contributed by atoms with Crippen molar-refractivity contribution in [2.24, 2.45) is 0 Å². The van der Waals surface area contributed by atoms with Crippen molar-refractivity contribution in [3.8, 4) is 5.88 Å². The largest absolute Gasteiger partial charge is 0.481 e. The van der Waals surface area contributed by atoms with Crippen molar-refractivity contribution in [2.75, 3.05) is 31.6 Å². The average molecular weight is 330 g/mol. The zero-order chi connectivity index (χ0) is 17.1. The van der Waals surface area contributed by atoms with Crippen molar-refractivity contribution in [1.82, 2.24) is 14.9 Å². The highest BCUT2D eigenvalue weighted by Crippen LogP contribution is 2.21. The normalized spacial score (nSPS) is 14.7. The highest BCUT2D eigenvalue weighted by Gasteiger charge is 2.29. The molecule has 124 valence electrons. The van der Waals surface area contributed by atoms with E-state index >= 15 is 0 Å². The molecule has 2 amide bonds. The van der Waals surface area contributed by atoms with Gasteiger partial charge in [0.2, 0.25) is 11.8 Å². The third-order valence-electron chi connectivity index (χ3n) is 3.70. The quantitative estimate of drug-likeness (QED) is 0.843. The molecule has 2 aromatic heterocycles. The third-order valence-corrected chi connectivity index (χ3v) is 3.70. The Labute approximate surface area is 137 Å². The number of carbonyl (C=O) groups excluding carboxylic acids is 2. The van der Waals surface area contributed by atoms with Gasteiger partial charge in [0.25, 0.3) is 5.91 Å². The molecule has 2 aromatic rings. The van der Waals surface area contributed by atoms with Gasteiger partial charge < -0.3 is 14.5 Å². The Hall–Kier alpha value is -3.03. The maximum absolute atomic E-state index is 13.2. The van der Waals surface area contributed by atoms with E-state index in [0.717, 1.165) is 12.3 Å². The Balaban J connectivity index is 1.73. The van der Waals surface area contributed by atoms with E-state index in [1.807, 2.05) is 0 Å². The number of hydrogen-bond acceptors (Lipinski definition) is 5. The Kier molecular flexibility index (Phi) is 4.37. The van der Waals surface area contributed by atoms with E-state index < -0.39 is 11.7 Å². The smallest absolute Gasteiger partial charge is 0.256 e. The van der Waals surface area contributed by atoms with Gasteiger partial charge in [-0.15, -0.1) is 0 Å². The minimum Gasteiger partial charge on any atom is -0.481 e. The summed E-state index contributed by atoms with van der Waals surface area (Å²) in [4.78, 5) is 35.4. The summed E-state index contributed by atoms with van der Waals surface area (Å²) in [5.41, 5.74) is 0.785. The Bertz CT molecular complexity index is 783. The van der Waals surface area contributed by atoms with Crippen molar-refractivity contribution in [2.45, 2.75) is 0 Å². The molecule has 1 aliphatic rings. The lowest BCUT2D eigenvalue weighted by Gasteiger charge is -2.34. The molecule has 0 aromatic carbocycles. The molecule has 1 saturated heterocycles. The number of anilines is 1. The molecule has 0 bridgehead atoms. The van der Waals surface area contributed by atoms with E-state index in [1.165, 1.54) is 18.2 Å². The first-order chi connectivity index (χ1) is 11.6. The molecule has 0 aliphatic carbocycles. The van der Waals surface area contributed by atoms with Crippen molar-refractivity contribution < 1.29 is 18.7 Å². The van der Waals surface area contributed by atoms with Crippen LogP contribution in [-0.2, 0) is 4.79 Å². The lowest BCUT2D eigenvalue weighted by molar-refractivity contribution is -0.120. The van der Waals surface area contributed by atoms with Crippen molar-refractivity contribution in [1.29, 1.82) is 0 Å². The van der Waals surface area contributed by atoms with Gasteiger partial charge in [-0.25, -0.2) is 9.37 Å². The van der Waals surface area contributed by atoms with E-state index in [9.17, 15) is 14.0 Å². The molecule has 0 radical (unpaired) electrons. The number of hydrogen-bond donors (Lipinski definition) is 0. The Morgan fingerprint density at radius 3 is 2.83 bits per heavy atom. The molecule has 3 rings (SSSR count). The van der Waals surface area contributed by atoms with E-state index in [1.54, 1.807) is 23.2 Å². The van der Waals surface area contributed by atoms with Crippen LogP contribution in [0.1, 0.15) is 10.4 Å². The standard InChI is InChI=1S/C16H15FN4O3/c1-24-14-7-13(2-3-19-14)21-5-4-20(10-15(21)22)16(23)11-6-12(17)9-18-8-11/h2-3,6-9H,4-5,10H2,1H3. The summed E-state index contributed by atoms with van der Waals surface area (Å²) in [6.45, 7) is 0.589. The number of rotatable bonds is 3. The van der Waals surface area contributed by atoms with E-state index in [0.29, 0.717) is 24.7 Å². The van der Waals surface area contributed by atoms with Crippen LogP contribution in [-0.4, -0.2) is 53.4 Å². The molecule has 7 nitrogen and oxygen atoms in total. The van der Waals surface area contributed by atoms with Gasteiger partial charge in [0, 0.05) is 31.5 Å². The minimum absolute atomic E-state index is 0.0833. The van der Waals surface area contributed by atoms with Crippen molar-refractivity contribution >= 4 is 17.5 Å². The van der Waals surface area contributed by atoms with Crippen LogP contribution in [0.3, 0.4) is 0 Å². The predicted octanol–water partition coefficient (Wildman–Crippen LogP) is 1.11. The summed E-state index contributed by atoms with van der Waals surface area (Å²) in [6, 6.07) is 4.47. The van der Waals surface area contributed by atoms with Gasteiger partial charge >= 0.3 is 0 Å². The molecule has 0 unspecified atom stereocenters. The van der Waals surface area contributed by atoms with E-state index in [4.69, 9.17) is 4.74 Å². The number of methoxy groups -OCH3 is 1. The third kappa shape index (κ3) is 3.17. The first-order valence-electron chi connectivity index (χ1n) is 7.28. The van der Waals surface area contributed by atoms with Crippen LogP contribution in [0.15, 0.2) is 36.8 Å². The highest BCUT2D eigenvalue weighted by atomic mass is 19.1. The van der Waals surface area contributed by atoms with E-state index in [2.05, 4.69) is 9.97 Å². The topological polar surface area (TPSA) is 75.6 Å². The van der Waals surface area contributed by atoms with Gasteiger partial charge in [-0.1, -0.05) is 0 Å². The predicted molar refractivity (Wildman–Crippen MR) is 83.2 cm³/mol. The maximum atomic E-state index is 13.2. The molecule has 0 atom stereocenters. The van der Waals surface area contributed by atoms with Crippen LogP contribution in [0.4, 0.5) is 10.1 Å². The lowest BCUT2D eigenvalue weighted by Crippen LogP contribution is -2.52. The van der Waals surface area contributed by atoms with Crippen LogP contribution in [0.2, 0.25) is 0 Å². The van der Waals surface area contributed by atoms with Gasteiger partial charge in [-0.05, 0) is 12.1 Å². The second kappa shape index (κ2) is 6.61. The number of aromatic nitrogens is 2. The van der Waals surface area contributed by atoms with E-state index in [-0.39, 0.29) is 18.0 Å². The summed E-state index contributed by atoms with van der Waals surface area (Å²) < 4.78 is 18.3. The van der Waals surface area contributed by atoms with Crippen molar-refractivity contribution in [3.63, 3.8) is 0 Å². The zero-order valence-corrected chi connectivity index (χ0v) is 13.0. The van der Waals surface area contributed by atoms with Gasteiger partial charge in [0.1, 0.15) is 12.4 Å². The van der Waals surface area contributed by atoms with Crippen molar-refractivity contribution in [3.05, 3.63) is 48.2 Å². The lowest BCUT2D eigenvalue weighted by atomic mass is 10.2. The number of halogens is 1. The molecule has 3 heterocycles. The van der Waals surface area contributed by atoms with Crippen LogP contribution in [0, 0.1) is 5.82 Å². The zero-order valence-electron chi connectivity index (χ0n) is 13.0. The molecular weight excluding hydrogens is 315 g/mol. The fourth-order valence-corrected chi connectivity index (χ4v) is 2.51. The second-order valence-corrected chi connectivity index (χ2v) is 5.22. The molecular formula is C16H15FN4O3. The molecule has 1 aliphatic heterocycles. The fraction of sp³-hybridized carbons (Fsp3) is 0.250. The number of pyridine rings is 2. The van der Waals surface area contributed by atoms with Crippen LogP contribution >= 0.6 is 0 Å². The van der Waals surface area contributed by atoms with Gasteiger partial charge in [0.05, 0.1) is 24.6 Å². The summed E-state index contributed by atoms with van der Waals surface area (Å²) in [5, 5.41) is 0. The molecule has 8 heteroatoms. The SMILES string of the molecule is COc1cc(N2CCN(C(=O)c3cncc(F)c3)CC2=O)ccn1. The first kappa shape index (κ1) is 15.9. The summed E-state index contributed by atoms with van der Waals surface area (Å²) >= 11 is 0. The Morgan fingerprint density at radius 1 is 1.29 bits per heavy atom. The highest BCUT2D eigenvalue weighted by molar-refractivity contribution is 6.01. The number of piperazine rings is 1. The molecule has 1 fully saturated rings. The summed E-state index contributed by atoms with van der Waals surface area (Å²) in [6.07, 6.45) is 3.87. The maximum Gasteiger partial charge on any atom is 0.256 e. The Morgan fingerprint density at radius 2 is 2.12 bits per heavy atom. The number of carbonyl (C=O) groups is 2. The molecule has 0 N–H and O–H groups in total. The molecule has 0 saturated carbocycles. The number of amides is 2. The summed E-state index contributed by atoms with van der Waals surface area (Å²) in [7, 11) is 1.50. The van der Waals surface area contributed by atoms with Crippen LogP contribution in [0.25, 0.3) is 0 Å².